The van der Waals surface area contributed by atoms with E-state index in [1.165, 1.54) is 12.1 Å². The molecule has 2 aromatic heterocycles. The van der Waals surface area contributed by atoms with E-state index in [1.807, 2.05) is 12.3 Å². The van der Waals surface area contributed by atoms with E-state index in [4.69, 9.17) is 0 Å². The normalized spacial score (nSPS) is 11.0. The Morgan fingerprint density at radius 2 is 2.05 bits per heavy atom. The molecule has 0 fully saturated rings. The van der Waals surface area contributed by atoms with E-state index in [0.29, 0.717) is 0 Å². The van der Waals surface area contributed by atoms with Crippen LogP contribution < -0.4 is 0 Å². The highest BCUT2D eigenvalue weighted by Gasteiger charge is 2.07. The van der Waals surface area contributed by atoms with Crippen LogP contribution in [0.1, 0.15) is 18.4 Å². The zero-order valence-corrected chi connectivity index (χ0v) is 13.0. The third-order valence-corrected chi connectivity index (χ3v) is 4.66. The Labute approximate surface area is 129 Å². The molecule has 0 saturated heterocycles. The van der Waals surface area contributed by atoms with Gasteiger partial charge in [0.2, 0.25) is 5.16 Å². The van der Waals surface area contributed by atoms with Crippen molar-refractivity contribution < 1.29 is 4.39 Å². The monoisotopic (exact) mass is 320 g/mol. The maximum absolute atomic E-state index is 12.9. The molecule has 2 heterocycles. The maximum Gasteiger partial charge on any atom is 0.208 e. The number of nitrogens with zero attached hydrogens (tertiary/aromatic N) is 3. The third kappa shape index (κ3) is 3.48. The van der Waals surface area contributed by atoms with Gasteiger partial charge in [-0.1, -0.05) is 18.7 Å². The summed E-state index contributed by atoms with van der Waals surface area (Å²) in [6, 6.07) is 6.39. The summed E-state index contributed by atoms with van der Waals surface area (Å²) in [6.45, 7) is 2.03. The molecule has 108 valence electrons. The first-order valence-electron chi connectivity index (χ1n) is 6.49. The van der Waals surface area contributed by atoms with Crippen molar-refractivity contribution in [1.82, 2.24) is 20.2 Å². The summed E-state index contributed by atoms with van der Waals surface area (Å²) in [5, 5.41) is 10.7. The first-order chi connectivity index (χ1) is 10.2. The number of hydrogen-bond acceptors (Lipinski definition) is 5. The molecule has 0 unspecified atom stereocenters. The van der Waals surface area contributed by atoms with Gasteiger partial charge in [0, 0.05) is 23.1 Å². The highest BCUT2D eigenvalue weighted by atomic mass is 32.2. The molecule has 21 heavy (non-hydrogen) atoms. The van der Waals surface area contributed by atoms with Gasteiger partial charge in [-0.25, -0.2) is 14.4 Å². The first-order valence-corrected chi connectivity index (χ1v) is 8.35. The van der Waals surface area contributed by atoms with Crippen LogP contribution >= 0.6 is 23.1 Å². The molecule has 1 N–H and O–H groups in total. The van der Waals surface area contributed by atoms with Gasteiger partial charge < -0.3 is 0 Å². The molecular weight excluding hydrogens is 307 g/mol. The molecule has 7 heteroatoms. The lowest BCUT2D eigenvalue weighted by molar-refractivity contribution is 0.628. The largest absolute Gasteiger partial charge is 0.262 e. The van der Waals surface area contributed by atoms with Gasteiger partial charge in [-0.15, -0.1) is 16.4 Å². The number of hydrogen-bond donors (Lipinski definition) is 1. The maximum atomic E-state index is 12.9. The summed E-state index contributed by atoms with van der Waals surface area (Å²) < 4.78 is 12.9. The lowest BCUT2D eigenvalue weighted by Crippen LogP contribution is -1.84. The summed E-state index contributed by atoms with van der Waals surface area (Å²) in [5.74, 6) is 1.38. The van der Waals surface area contributed by atoms with Crippen LogP contribution in [0.5, 0.6) is 0 Å². The van der Waals surface area contributed by atoms with Crippen molar-refractivity contribution in [3.05, 3.63) is 47.0 Å². The number of benzene rings is 1. The highest BCUT2D eigenvalue weighted by Crippen LogP contribution is 2.26. The molecule has 3 aromatic rings. The summed E-state index contributed by atoms with van der Waals surface area (Å²) in [5.41, 5.74) is 1.91. The van der Waals surface area contributed by atoms with E-state index < -0.39 is 0 Å². The van der Waals surface area contributed by atoms with Crippen LogP contribution in [0.4, 0.5) is 4.39 Å². The molecule has 3 rings (SSSR count). The molecule has 0 aliphatic rings. The predicted octanol–water partition coefficient (Wildman–Crippen LogP) is 3.92. The molecule has 0 aliphatic carbocycles. The summed E-state index contributed by atoms with van der Waals surface area (Å²) >= 11 is 3.11. The Bertz CT molecular complexity index is 721. The van der Waals surface area contributed by atoms with E-state index in [1.54, 1.807) is 35.2 Å². The minimum atomic E-state index is -0.234. The van der Waals surface area contributed by atoms with Crippen LogP contribution in [0.25, 0.3) is 10.6 Å². The Morgan fingerprint density at radius 1 is 1.24 bits per heavy atom. The second-order valence-electron chi connectivity index (χ2n) is 4.36. The first kappa shape index (κ1) is 14.2. The predicted molar refractivity (Wildman–Crippen MR) is 82.8 cm³/mol. The number of aromatic amines is 1. The molecule has 0 bridgehead atoms. The number of thioether (sulfide) groups is 1. The fourth-order valence-corrected chi connectivity index (χ4v) is 3.38. The van der Waals surface area contributed by atoms with Gasteiger partial charge in [0.05, 0.1) is 5.69 Å². The van der Waals surface area contributed by atoms with Crippen molar-refractivity contribution >= 4 is 23.1 Å². The second-order valence-corrected chi connectivity index (χ2v) is 6.16. The zero-order valence-electron chi connectivity index (χ0n) is 11.3. The summed E-state index contributed by atoms with van der Waals surface area (Å²) in [4.78, 5) is 8.91. The van der Waals surface area contributed by atoms with Crippen molar-refractivity contribution in [2.75, 3.05) is 0 Å². The lowest BCUT2D eigenvalue weighted by atomic mass is 10.2. The van der Waals surface area contributed by atoms with Crippen LogP contribution in [0, 0.1) is 5.82 Å². The number of rotatable bonds is 5. The number of aryl methyl sites for hydroxylation is 1. The Kier molecular flexibility index (Phi) is 4.31. The number of nitrogens with one attached hydrogen (secondary N) is 1. The van der Waals surface area contributed by atoms with E-state index >= 15 is 0 Å². The molecule has 0 radical (unpaired) electrons. The van der Waals surface area contributed by atoms with Gasteiger partial charge in [-0.05, 0) is 24.3 Å². The Morgan fingerprint density at radius 3 is 2.76 bits per heavy atom. The molecule has 0 aliphatic heterocycles. The molecule has 4 nitrogen and oxygen atoms in total. The topological polar surface area (TPSA) is 54.5 Å². The third-order valence-electron chi connectivity index (χ3n) is 2.84. The van der Waals surface area contributed by atoms with Crippen molar-refractivity contribution in [3.8, 4) is 10.6 Å². The standard InChI is InChI=1S/C14H13FN4S2/c1-2-12-17-14(19-18-12)21-8-11-7-20-13(16-11)9-3-5-10(15)6-4-9/h3-7H,2,8H2,1H3,(H,17,18,19). The lowest BCUT2D eigenvalue weighted by Gasteiger charge is -1.95. The number of aromatic nitrogens is 4. The minimum absolute atomic E-state index is 0.234. The number of thiazole rings is 1. The van der Waals surface area contributed by atoms with Gasteiger partial charge in [0.15, 0.2) is 0 Å². The number of halogens is 1. The average Bonchev–Trinajstić information content (AvgIpc) is 3.15. The Balaban J connectivity index is 1.66. The van der Waals surface area contributed by atoms with Gasteiger partial charge in [0.25, 0.3) is 0 Å². The highest BCUT2D eigenvalue weighted by molar-refractivity contribution is 7.98. The van der Waals surface area contributed by atoms with E-state index in [-0.39, 0.29) is 5.82 Å². The van der Waals surface area contributed by atoms with Crippen LogP contribution in [-0.2, 0) is 12.2 Å². The van der Waals surface area contributed by atoms with E-state index in [9.17, 15) is 4.39 Å². The minimum Gasteiger partial charge on any atom is -0.262 e. The van der Waals surface area contributed by atoms with E-state index in [2.05, 4.69) is 20.2 Å². The molecule has 0 amide bonds. The molecular formula is C14H13FN4S2. The van der Waals surface area contributed by atoms with Gasteiger partial charge >= 0.3 is 0 Å². The van der Waals surface area contributed by atoms with Gasteiger partial charge in [-0.3, -0.25) is 5.10 Å². The molecule has 1 aromatic carbocycles. The van der Waals surface area contributed by atoms with Crippen LogP contribution in [0.3, 0.4) is 0 Å². The summed E-state index contributed by atoms with van der Waals surface area (Å²) in [7, 11) is 0. The smallest absolute Gasteiger partial charge is 0.208 e. The molecule has 0 atom stereocenters. The Hall–Kier alpha value is -1.73. The van der Waals surface area contributed by atoms with E-state index in [0.717, 1.165) is 39.4 Å². The van der Waals surface area contributed by atoms with Crippen molar-refractivity contribution in [2.24, 2.45) is 0 Å². The fraction of sp³-hybridized carbons (Fsp3) is 0.214. The molecule has 0 saturated carbocycles. The SMILES string of the molecule is CCc1nc(SCc2csc(-c3ccc(F)cc3)n2)n[nH]1. The zero-order chi connectivity index (χ0) is 14.7. The molecule has 0 spiro atoms. The van der Waals surface area contributed by atoms with Crippen molar-refractivity contribution in [3.63, 3.8) is 0 Å². The quantitative estimate of drug-likeness (QED) is 0.724. The fourth-order valence-electron chi connectivity index (χ4n) is 1.74. The van der Waals surface area contributed by atoms with Gasteiger partial charge in [0.1, 0.15) is 16.6 Å². The van der Waals surface area contributed by atoms with Crippen molar-refractivity contribution in [1.29, 1.82) is 0 Å². The van der Waals surface area contributed by atoms with Crippen LogP contribution in [-0.4, -0.2) is 20.2 Å². The van der Waals surface area contributed by atoms with Crippen molar-refractivity contribution in [2.45, 2.75) is 24.3 Å². The van der Waals surface area contributed by atoms with Gasteiger partial charge in [-0.2, -0.15) is 0 Å². The summed E-state index contributed by atoms with van der Waals surface area (Å²) in [6.07, 6.45) is 0.846. The second kappa shape index (κ2) is 6.36. The number of H-pyrrole nitrogens is 1. The van der Waals surface area contributed by atoms with Crippen LogP contribution in [0.2, 0.25) is 0 Å². The van der Waals surface area contributed by atoms with Crippen LogP contribution in [0.15, 0.2) is 34.8 Å². The average molecular weight is 320 g/mol.